The zero-order valence-electron chi connectivity index (χ0n) is 9.09. The van der Waals surface area contributed by atoms with Crippen molar-refractivity contribution in [1.29, 1.82) is 0 Å². The number of rotatable bonds is 3. The maximum Gasteiger partial charge on any atom is 0.152 e. The standard InChI is InChI=1S/C13H8BrCl3O/c14-11-5-10(16)6-12(17)13(11)18-7-8-1-3-9(15)4-2-8/h1-6H,7H2. The first-order valence-electron chi connectivity index (χ1n) is 5.08. The van der Waals surface area contributed by atoms with Crippen LogP contribution in [0.5, 0.6) is 5.75 Å². The molecule has 2 aromatic carbocycles. The molecule has 0 aliphatic carbocycles. The van der Waals surface area contributed by atoms with E-state index >= 15 is 0 Å². The van der Waals surface area contributed by atoms with Crippen molar-refractivity contribution in [3.8, 4) is 5.75 Å². The Morgan fingerprint density at radius 1 is 0.944 bits per heavy atom. The molecular weight excluding hydrogens is 358 g/mol. The zero-order valence-corrected chi connectivity index (χ0v) is 12.9. The largest absolute Gasteiger partial charge is 0.486 e. The average Bonchev–Trinajstić information content (AvgIpc) is 2.30. The molecule has 0 saturated carbocycles. The molecule has 0 fully saturated rings. The lowest BCUT2D eigenvalue weighted by Crippen LogP contribution is -1.96. The molecular formula is C13H8BrCl3O. The molecule has 0 N–H and O–H groups in total. The summed E-state index contributed by atoms with van der Waals surface area (Å²) in [5.74, 6) is 0.580. The number of hydrogen-bond acceptors (Lipinski definition) is 1. The normalized spacial score (nSPS) is 10.4. The van der Waals surface area contributed by atoms with Crippen molar-refractivity contribution in [2.24, 2.45) is 0 Å². The van der Waals surface area contributed by atoms with Gasteiger partial charge in [-0.3, -0.25) is 0 Å². The van der Waals surface area contributed by atoms with Crippen molar-refractivity contribution in [2.75, 3.05) is 0 Å². The van der Waals surface area contributed by atoms with E-state index in [1.54, 1.807) is 12.1 Å². The maximum atomic E-state index is 6.07. The Hall–Kier alpha value is -0.410. The van der Waals surface area contributed by atoms with Gasteiger partial charge in [0, 0.05) is 10.0 Å². The average molecular weight is 366 g/mol. The van der Waals surface area contributed by atoms with Gasteiger partial charge in [-0.2, -0.15) is 0 Å². The summed E-state index contributed by atoms with van der Waals surface area (Å²) < 4.78 is 6.40. The molecule has 0 saturated heterocycles. The predicted octanol–water partition coefficient (Wildman–Crippen LogP) is 5.99. The quantitative estimate of drug-likeness (QED) is 0.648. The monoisotopic (exact) mass is 364 g/mol. The van der Waals surface area contributed by atoms with E-state index in [4.69, 9.17) is 39.5 Å². The molecule has 0 aromatic heterocycles. The minimum Gasteiger partial charge on any atom is -0.486 e. The molecule has 0 heterocycles. The van der Waals surface area contributed by atoms with Crippen LogP contribution in [0.1, 0.15) is 5.56 Å². The Morgan fingerprint density at radius 3 is 2.22 bits per heavy atom. The summed E-state index contributed by atoms with van der Waals surface area (Å²) in [6.45, 7) is 0.414. The van der Waals surface area contributed by atoms with Gasteiger partial charge in [0.25, 0.3) is 0 Å². The SMILES string of the molecule is Clc1ccc(COc2c(Cl)cc(Cl)cc2Br)cc1. The highest BCUT2D eigenvalue weighted by Gasteiger charge is 2.08. The summed E-state index contributed by atoms with van der Waals surface area (Å²) in [5, 5.41) is 1.73. The van der Waals surface area contributed by atoms with E-state index in [0.29, 0.717) is 27.4 Å². The Bertz CT molecular complexity index is 532. The topological polar surface area (TPSA) is 9.23 Å². The molecule has 0 aliphatic rings. The molecule has 0 radical (unpaired) electrons. The van der Waals surface area contributed by atoms with Crippen molar-refractivity contribution < 1.29 is 4.74 Å². The Balaban J connectivity index is 2.13. The third kappa shape index (κ3) is 3.55. The first kappa shape index (κ1) is 14.0. The van der Waals surface area contributed by atoms with Crippen molar-refractivity contribution in [2.45, 2.75) is 6.61 Å². The van der Waals surface area contributed by atoms with Crippen molar-refractivity contribution >= 4 is 50.7 Å². The van der Waals surface area contributed by atoms with E-state index in [9.17, 15) is 0 Å². The van der Waals surface area contributed by atoms with E-state index < -0.39 is 0 Å². The van der Waals surface area contributed by atoms with Gasteiger partial charge in [-0.05, 0) is 45.8 Å². The fourth-order valence-corrected chi connectivity index (χ4v) is 2.90. The van der Waals surface area contributed by atoms with E-state index in [0.717, 1.165) is 10.0 Å². The van der Waals surface area contributed by atoms with Gasteiger partial charge in [-0.25, -0.2) is 0 Å². The first-order valence-corrected chi connectivity index (χ1v) is 7.01. The minimum absolute atomic E-state index is 0.414. The van der Waals surface area contributed by atoms with Gasteiger partial charge in [0.15, 0.2) is 5.75 Å². The molecule has 0 spiro atoms. The van der Waals surface area contributed by atoms with Crippen LogP contribution in [0.4, 0.5) is 0 Å². The second-order valence-corrected chi connectivity index (χ2v) is 5.75. The molecule has 0 unspecified atom stereocenters. The fraction of sp³-hybridized carbons (Fsp3) is 0.0769. The Kier molecular flexibility index (Phi) is 4.79. The van der Waals surface area contributed by atoms with Crippen molar-refractivity contribution in [3.63, 3.8) is 0 Å². The lowest BCUT2D eigenvalue weighted by molar-refractivity contribution is 0.304. The summed E-state index contributed by atoms with van der Waals surface area (Å²) in [4.78, 5) is 0. The van der Waals surface area contributed by atoms with Gasteiger partial charge >= 0.3 is 0 Å². The van der Waals surface area contributed by atoms with Crippen LogP contribution in [0.2, 0.25) is 15.1 Å². The van der Waals surface area contributed by atoms with Gasteiger partial charge in [0.2, 0.25) is 0 Å². The minimum atomic E-state index is 0.414. The summed E-state index contributed by atoms with van der Waals surface area (Å²) in [7, 11) is 0. The molecule has 0 bridgehead atoms. The van der Waals surface area contributed by atoms with Gasteiger partial charge in [-0.15, -0.1) is 0 Å². The van der Waals surface area contributed by atoms with Gasteiger partial charge < -0.3 is 4.74 Å². The summed E-state index contributed by atoms with van der Waals surface area (Å²) in [5.41, 5.74) is 1.01. The molecule has 0 atom stereocenters. The highest BCUT2D eigenvalue weighted by atomic mass is 79.9. The predicted molar refractivity (Wildman–Crippen MR) is 79.9 cm³/mol. The molecule has 0 aliphatic heterocycles. The van der Waals surface area contributed by atoms with E-state index in [1.807, 2.05) is 24.3 Å². The summed E-state index contributed by atoms with van der Waals surface area (Å²) >= 11 is 21.1. The molecule has 18 heavy (non-hydrogen) atoms. The van der Waals surface area contributed by atoms with Crippen LogP contribution < -0.4 is 4.74 Å². The number of halogens is 4. The first-order chi connectivity index (χ1) is 8.56. The number of benzene rings is 2. The fourth-order valence-electron chi connectivity index (χ4n) is 1.40. The van der Waals surface area contributed by atoms with Gasteiger partial charge in [-0.1, -0.05) is 46.9 Å². The van der Waals surface area contributed by atoms with Crippen LogP contribution in [0.25, 0.3) is 0 Å². The van der Waals surface area contributed by atoms with Gasteiger partial charge in [0.05, 0.1) is 9.50 Å². The third-order valence-electron chi connectivity index (χ3n) is 2.26. The highest BCUT2D eigenvalue weighted by molar-refractivity contribution is 9.10. The van der Waals surface area contributed by atoms with Crippen molar-refractivity contribution in [3.05, 3.63) is 61.5 Å². The van der Waals surface area contributed by atoms with Crippen molar-refractivity contribution in [1.82, 2.24) is 0 Å². The van der Waals surface area contributed by atoms with Crippen LogP contribution in [-0.4, -0.2) is 0 Å². The van der Waals surface area contributed by atoms with Gasteiger partial charge in [0.1, 0.15) is 6.61 Å². The Morgan fingerprint density at radius 2 is 1.61 bits per heavy atom. The van der Waals surface area contributed by atoms with Crippen LogP contribution >= 0.6 is 50.7 Å². The van der Waals surface area contributed by atoms with E-state index in [1.165, 1.54) is 0 Å². The van der Waals surface area contributed by atoms with Crippen LogP contribution in [0, 0.1) is 0 Å². The molecule has 5 heteroatoms. The second kappa shape index (κ2) is 6.16. The van der Waals surface area contributed by atoms with E-state index in [-0.39, 0.29) is 0 Å². The maximum absolute atomic E-state index is 6.07. The number of ether oxygens (including phenoxy) is 1. The lowest BCUT2D eigenvalue weighted by atomic mass is 10.2. The molecule has 2 rings (SSSR count). The molecule has 94 valence electrons. The summed E-state index contributed by atoms with van der Waals surface area (Å²) in [6, 6.07) is 10.8. The molecule has 0 amide bonds. The summed E-state index contributed by atoms with van der Waals surface area (Å²) in [6.07, 6.45) is 0. The van der Waals surface area contributed by atoms with Crippen LogP contribution in [-0.2, 0) is 6.61 Å². The molecule has 1 nitrogen and oxygen atoms in total. The molecule has 2 aromatic rings. The second-order valence-electron chi connectivity index (χ2n) is 3.61. The zero-order chi connectivity index (χ0) is 13.1. The Labute approximate surface area is 129 Å². The third-order valence-corrected chi connectivity index (χ3v) is 3.60. The number of hydrogen-bond donors (Lipinski definition) is 0. The lowest BCUT2D eigenvalue weighted by Gasteiger charge is -2.10. The van der Waals surface area contributed by atoms with Crippen LogP contribution in [0.3, 0.4) is 0 Å². The van der Waals surface area contributed by atoms with Crippen LogP contribution in [0.15, 0.2) is 40.9 Å². The smallest absolute Gasteiger partial charge is 0.152 e. The van der Waals surface area contributed by atoms with E-state index in [2.05, 4.69) is 15.9 Å². The highest BCUT2D eigenvalue weighted by Crippen LogP contribution is 2.36.